The third-order valence-electron chi connectivity index (χ3n) is 2.99. The molecule has 0 aliphatic carbocycles. The molecule has 5 nitrogen and oxygen atoms in total. The van der Waals surface area contributed by atoms with E-state index in [4.69, 9.17) is 0 Å². The van der Waals surface area contributed by atoms with Crippen LogP contribution in [0.2, 0.25) is 0 Å². The van der Waals surface area contributed by atoms with Gasteiger partial charge in [0.25, 0.3) is 5.91 Å². The van der Waals surface area contributed by atoms with Crippen LogP contribution in [0.4, 0.5) is 5.69 Å². The summed E-state index contributed by atoms with van der Waals surface area (Å²) in [5, 5.41) is 12.2. The zero-order chi connectivity index (χ0) is 15.8. The maximum absolute atomic E-state index is 11.8. The molecule has 116 valence electrons. The highest BCUT2D eigenvalue weighted by Gasteiger charge is 2.10. The van der Waals surface area contributed by atoms with E-state index < -0.39 is 0 Å². The van der Waals surface area contributed by atoms with Crippen LogP contribution in [0.25, 0.3) is 0 Å². The molecule has 1 unspecified atom stereocenters. The van der Waals surface area contributed by atoms with Crippen LogP contribution >= 0.6 is 11.3 Å². The van der Waals surface area contributed by atoms with Crippen molar-refractivity contribution in [2.75, 3.05) is 18.4 Å². The first-order chi connectivity index (χ1) is 10.6. The van der Waals surface area contributed by atoms with E-state index in [1.54, 1.807) is 11.4 Å². The number of amides is 2. The van der Waals surface area contributed by atoms with Gasteiger partial charge in [-0.15, -0.1) is 0 Å². The summed E-state index contributed by atoms with van der Waals surface area (Å²) >= 11 is 1.45. The summed E-state index contributed by atoms with van der Waals surface area (Å²) in [6.45, 7) is 2.51. The number of hydrogen-bond acceptors (Lipinski definition) is 4. The van der Waals surface area contributed by atoms with Crippen molar-refractivity contribution in [3.8, 4) is 0 Å². The fourth-order valence-corrected chi connectivity index (χ4v) is 2.50. The average molecular weight is 317 g/mol. The normalized spacial score (nSPS) is 11.5. The molecule has 0 radical (unpaired) electrons. The number of hydrogen-bond donors (Lipinski definition) is 3. The molecule has 1 atom stereocenters. The second kappa shape index (κ2) is 8.19. The van der Waals surface area contributed by atoms with Crippen LogP contribution in [-0.4, -0.2) is 30.9 Å². The molecule has 3 N–H and O–H groups in total. The maximum atomic E-state index is 11.8. The minimum absolute atomic E-state index is 0.0235. The third kappa shape index (κ3) is 5.21. The predicted molar refractivity (Wildman–Crippen MR) is 89.2 cm³/mol. The van der Waals surface area contributed by atoms with Gasteiger partial charge in [0, 0.05) is 29.2 Å². The zero-order valence-electron chi connectivity index (χ0n) is 12.3. The van der Waals surface area contributed by atoms with Crippen molar-refractivity contribution < 1.29 is 9.59 Å². The van der Waals surface area contributed by atoms with Crippen molar-refractivity contribution in [1.29, 1.82) is 0 Å². The van der Waals surface area contributed by atoms with Crippen LogP contribution in [0.3, 0.4) is 0 Å². The molecule has 1 heterocycles. The minimum Gasteiger partial charge on any atom is -0.383 e. The molecule has 0 aliphatic rings. The largest absolute Gasteiger partial charge is 0.383 e. The number of benzene rings is 1. The number of thiophene rings is 1. The van der Waals surface area contributed by atoms with E-state index in [2.05, 4.69) is 16.0 Å². The fraction of sp³-hybridized carbons (Fsp3) is 0.250. The number of para-hydroxylation sites is 1. The van der Waals surface area contributed by atoms with E-state index >= 15 is 0 Å². The summed E-state index contributed by atoms with van der Waals surface area (Å²) in [7, 11) is 0. The second-order valence-corrected chi connectivity index (χ2v) is 5.69. The molecule has 0 bridgehead atoms. The molecular weight excluding hydrogens is 298 g/mol. The Kier molecular flexibility index (Phi) is 5.97. The van der Waals surface area contributed by atoms with E-state index in [-0.39, 0.29) is 24.4 Å². The Bertz CT molecular complexity index is 599. The zero-order valence-corrected chi connectivity index (χ0v) is 13.2. The van der Waals surface area contributed by atoms with Gasteiger partial charge < -0.3 is 16.0 Å². The van der Waals surface area contributed by atoms with Gasteiger partial charge >= 0.3 is 0 Å². The van der Waals surface area contributed by atoms with E-state index in [9.17, 15) is 9.59 Å². The summed E-state index contributed by atoms with van der Waals surface area (Å²) in [5.41, 5.74) is 1.59. The highest BCUT2D eigenvalue weighted by Crippen LogP contribution is 2.05. The van der Waals surface area contributed by atoms with Crippen molar-refractivity contribution >= 4 is 28.8 Å². The van der Waals surface area contributed by atoms with E-state index in [0.29, 0.717) is 12.1 Å². The van der Waals surface area contributed by atoms with Crippen molar-refractivity contribution in [3.63, 3.8) is 0 Å². The summed E-state index contributed by atoms with van der Waals surface area (Å²) in [4.78, 5) is 23.5. The van der Waals surface area contributed by atoms with Crippen molar-refractivity contribution in [2.45, 2.75) is 13.0 Å². The molecule has 0 saturated heterocycles. The molecule has 1 aromatic carbocycles. The van der Waals surface area contributed by atoms with Crippen LogP contribution in [0.15, 0.2) is 47.2 Å². The van der Waals surface area contributed by atoms with Crippen LogP contribution in [0.5, 0.6) is 0 Å². The van der Waals surface area contributed by atoms with Gasteiger partial charge in [-0.3, -0.25) is 9.59 Å². The molecule has 2 rings (SSSR count). The lowest BCUT2D eigenvalue weighted by atomic mass is 10.3. The van der Waals surface area contributed by atoms with E-state index in [1.807, 2.05) is 42.6 Å². The van der Waals surface area contributed by atoms with Gasteiger partial charge in [-0.1, -0.05) is 18.2 Å². The highest BCUT2D eigenvalue weighted by atomic mass is 32.1. The Hall–Kier alpha value is -2.34. The molecule has 1 aromatic heterocycles. The van der Waals surface area contributed by atoms with E-state index in [1.165, 1.54) is 11.3 Å². The topological polar surface area (TPSA) is 70.2 Å². The van der Waals surface area contributed by atoms with Gasteiger partial charge in [-0.05, 0) is 30.5 Å². The van der Waals surface area contributed by atoms with Gasteiger partial charge in [0.2, 0.25) is 5.91 Å². The molecule has 0 saturated carbocycles. The third-order valence-corrected chi connectivity index (χ3v) is 3.67. The molecule has 2 amide bonds. The lowest BCUT2D eigenvalue weighted by Crippen LogP contribution is -2.43. The lowest BCUT2D eigenvalue weighted by molar-refractivity contribution is -0.120. The fourth-order valence-electron chi connectivity index (χ4n) is 1.86. The quantitative estimate of drug-likeness (QED) is 0.732. The minimum atomic E-state index is -0.230. The van der Waals surface area contributed by atoms with Gasteiger partial charge in [-0.2, -0.15) is 11.3 Å². The van der Waals surface area contributed by atoms with E-state index in [0.717, 1.165) is 5.69 Å². The number of carbonyl (C=O) groups is 2. The Morgan fingerprint density at radius 2 is 1.95 bits per heavy atom. The maximum Gasteiger partial charge on any atom is 0.252 e. The molecule has 2 aromatic rings. The van der Waals surface area contributed by atoms with Crippen molar-refractivity contribution in [1.82, 2.24) is 10.6 Å². The molecule has 6 heteroatoms. The second-order valence-electron chi connectivity index (χ2n) is 4.91. The average Bonchev–Trinajstić information content (AvgIpc) is 3.06. The first kappa shape index (κ1) is 16.0. The molecule has 22 heavy (non-hydrogen) atoms. The van der Waals surface area contributed by atoms with Gasteiger partial charge in [0.05, 0.1) is 6.54 Å². The van der Waals surface area contributed by atoms with Gasteiger partial charge in [0.15, 0.2) is 0 Å². The van der Waals surface area contributed by atoms with Crippen molar-refractivity contribution in [3.05, 3.63) is 52.7 Å². The summed E-state index contributed by atoms with van der Waals surface area (Å²) in [6, 6.07) is 11.5. The summed E-state index contributed by atoms with van der Waals surface area (Å²) < 4.78 is 0. The Labute approximate surface area is 133 Å². The van der Waals surface area contributed by atoms with Gasteiger partial charge in [0.1, 0.15) is 0 Å². The number of carbonyl (C=O) groups excluding carboxylic acids is 2. The van der Waals surface area contributed by atoms with Crippen LogP contribution in [0, 0.1) is 0 Å². The Morgan fingerprint density at radius 1 is 1.18 bits per heavy atom. The lowest BCUT2D eigenvalue weighted by Gasteiger charge is -2.15. The predicted octanol–water partition coefficient (Wildman–Crippen LogP) is 2.09. The highest BCUT2D eigenvalue weighted by molar-refractivity contribution is 7.08. The SMILES string of the molecule is CC(CNc1ccccc1)NC(=O)CNC(=O)c1ccsc1. The standard InChI is InChI=1S/C16H19N3O2S/c1-12(9-17-14-5-3-2-4-6-14)19-15(20)10-18-16(21)13-7-8-22-11-13/h2-8,11-12,17H,9-10H2,1H3,(H,18,21)(H,19,20). The Balaban J connectivity index is 1.67. The number of rotatable bonds is 7. The smallest absolute Gasteiger partial charge is 0.252 e. The molecular formula is C16H19N3O2S. The monoisotopic (exact) mass is 317 g/mol. The van der Waals surface area contributed by atoms with Crippen molar-refractivity contribution in [2.24, 2.45) is 0 Å². The summed E-state index contributed by atoms with van der Waals surface area (Å²) in [6.07, 6.45) is 0. The van der Waals surface area contributed by atoms with Crippen LogP contribution in [0.1, 0.15) is 17.3 Å². The molecule has 0 fully saturated rings. The van der Waals surface area contributed by atoms with Crippen LogP contribution in [-0.2, 0) is 4.79 Å². The summed E-state index contributed by atoms with van der Waals surface area (Å²) in [5.74, 6) is -0.433. The first-order valence-electron chi connectivity index (χ1n) is 7.04. The molecule has 0 spiro atoms. The molecule has 0 aliphatic heterocycles. The first-order valence-corrected chi connectivity index (χ1v) is 7.98. The number of nitrogens with one attached hydrogen (secondary N) is 3. The van der Waals surface area contributed by atoms with Gasteiger partial charge in [-0.25, -0.2) is 0 Å². The number of anilines is 1. The van der Waals surface area contributed by atoms with Crippen LogP contribution < -0.4 is 16.0 Å². The Morgan fingerprint density at radius 3 is 2.64 bits per heavy atom.